The summed E-state index contributed by atoms with van der Waals surface area (Å²) in [5.41, 5.74) is 0.462. The molecular formula is C16H12ClN3O4S. The van der Waals surface area contributed by atoms with Gasteiger partial charge >= 0.3 is 0 Å². The first-order chi connectivity index (χ1) is 12.0. The lowest BCUT2D eigenvalue weighted by Crippen LogP contribution is -2.12. The first-order valence-corrected chi connectivity index (χ1v) is 8.46. The molecule has 0 unspecified atom stereocenters. The highest BCUT2D eigenvalue weighted by Crippen LogP contribution is 2.33. The quantitative estimate of drug-likeness (QED) is 0.521. The third-order valence-electron chi connectivity index (χ3n) is 3.31. The van der Waals surface area contributed by atoms with E-state index in [2.05, 4.69) is 10.3 Å². The largest absolute Gasteiger partial charge is 0.492 e. The van der Waals surface area contributed by atoms with Gasteiger partial charge in [0.1, 0.15) is 16.3 Å². The number of ether oxygens (including phenoxy) is 1. The first-order valence-electron chi connectivity index (χ1n) is 7.27. The van der Waals surface area contributed by atoms with Gasteiger partial charge in [-0.2, -0.15) is 0 Å². The number of amides is 1. The molecule has 0 aliphatic carbocycles. The molecule has 0 spiro atoms. The van der Waals surface area contributed by atoms with Crippen LogP contribution in [0.2, 0.25) is 5.02 Å². The van der Waals surface area contributed by atoms with E-state index >= 15 is 0 Å². The van der Waals surface area contributed by atoms with Gasteiger partial charge in [0.25, 0.3) is 11.6 Å². The van der Waals surface area contributed by atoms with Crippen LogP contribution in [-0.4, -0.2) is 22.4 Å². The van der Waals surface area contributed by atoms with Crippen molar-refractivity contribution >= 4 is 49.9 Å². The molecule has 7 nitrogen and oxygen atoms in total. The molecule has 1 amide bonds. The molecule has 2 aromatic carbocycles. The van der Waals surface area contributed by atoms with Crippen LogP contribution in [0.25, 0.3) is 10.2 Å². The molecule has 1 heterocycles. The van der Waals surface area contributed by atoms with Crippen molar-refractivity contribution in [3.05, 3.63) is 57.1 Å². The summed E-state index contributed by atoms with van der Waals surface area (Å²) in [6.07, 6.45) is 0. The summed E-state index contributed by atoms with van der Waals surface area (Å²) in [7, 11) is 0. The van der Waals surface area contributed by atoms with E-state index in [9.17, 15) is 14.9 Å². The number of carbonyl (C=O) groups excluding carboxylic acids is 1. The molecular weight excluding hydrogens is 366 g/mol. The summed E-state index contributed by atoms with van der Waals surface area (Å²) in [6.45, 7) is 2.38. The van der Waals surface area contributed by atoms with E-state index in [1.54, 1.807) is 6.07 Å². The third kappa shape index (κ3) is 3.54. The second-order valence-corrected chi connectivity index (χ2v) is 6.37. The minimum absolute atomic E-state index is 0.0251. The van der Waals surface area contributed by atoms with E-state index in [0.717, 1.165) is 10.8 Å². The number of fused-ring (bicyclic) bond motifs is 1. The van der Waals surface area contributed by atoms with Gasteiger partial charge in [-0.3, -0.25) is 20.2 Å². The SMILES string of the molecule is CCOc1cccc2sc(NC(=O)c3ccc(Cl)c([N+](=O)[O-])c3)nc12. The summed E-state index contributed by atoms with van der Waals surface area (Å²) >= 11 is 7.05. The number of para-hydroxylation sites is 1. The van der Waals surface area contributed by atoms with Gasteiger partial charge in [0.2, 0.25) is 0 Å². The van der Waals surface area contributed by atoms with Gasteiger partial charge in [0.05, 0.1) is 16.2 Å². The fourth-order valence-electron chi connectivity index (χ4n) is 2.21. The molecule has 3 aromatic rings. The summed E-state index contributed by atoms with van der Waals surface area (Å²) in [5, 5.41) is 13.9. The van der Waals surface area contributed by atoms with Crippen LogP contribution in [0, 0.1) is 10.1 Å². The van der Waals surface area contributed by atoms with Crippen LogP contribution in [-0.2, 0) is 0 Å². The Morgan fingerprint density at radius 1 is 1.40 bits per heavy atom. The average molecular weight is 378 g/mol. The molecule has 3 rings (SSSR count). The van der Waals surface area contributed by atoms with Crippen LogP contribution in [0.15, 0.2) is 36.4 Å². The number of aromatic nitrogens is 1. The van der Waals surface area contributed by atoms with Gasteiger partial charge in [-0.05, 0) is 31.2 Å². The monoisotopic (exact) mass is 377 g/mol. The van der Waals surface area contributed by atoms with Crippen molar-refractivity contribution in [2.45, 2.75) is 6.92 Å². The summed E-state index contributed by atoms with van der Waals surface area (Å²) in [5.74, 6) is 0.135. The van der Waals surface area contributed by atoms with Crippen molar-refractivity contribution < 1.29 is 14.5 Å². The van der Waals surface area contributed by atoms with Gasteiger partial charge in [-0.1, -0.05) is 29.0 Å². The first kappa shape index (κ1) is 17.1. The molecule has 1 aromatic heterocycles. The highest BCUT2D eigenvalue weighted by atomic mass is 35.5. The van der Waals surface area contributed by atoms with Crippen molar-refractivity contribution in [3.8, 4) is 5.75 Å². The normalized spacial score (nSPS) is 10.6. The predicted molar refractivity (Wildman–Crippen MR) is 96.8 cm³/mol. The Labute approximate surface area is 151 Å². The van der Waals surface area contributed by atoms with Gasteiger partial charge in [0.15, 0.2) is 5.13 Å². The Balaban J connectivity index is 1.88. The average Bonchev–Trinajstić information content (AvgIpc) is 2.98. The number of hydrogen-bond donors (Lipinski definition) is 1. The molecule has 0 aliphatic heterocycles. The number of halogens is 1. The molecule has 0 radical (unpaired) electrons. The number of nitrogens with zero attached hydrogens (tertiary/aromatic N) is 2. The minimum Gasteiger partial charge on any atom is -0.492 e. The van der Waals surface area contributed by atoms with Crippen LogP contribution in [0.4, 0.5) is 10.8 Å². The van der Waals surface area contributed by atoms with Gasteiger partial charge in [-0.25, -0.2) is 4.98 Å². The summed E-state index contributed by atoms with van der Waals surface area (Å²) in [6, 6.07) is 9.40. The Morgan fingerprint density at radius 2 is 2.20 bits per heavy atom. The third-order valence-corrected chi connectivity index (χ3v) is 4.56. The summed E-state index contributed by atoms with van der Waals surface area (Å²) < 4.78 is 6.38. The maximum atomic E-state index is 12.3. The second kappa shape index (κ2) is 7.04. The number of nitro groups is 1. The smallest absolute Gasteiger partial charge is 0.288 e. The van der Waals surface area contributed by atoms with E-state index in [0.29, 0.717) is 23.0 Å². The lowest BCUT2D eigenvalue weighted by Gasteiger charge is -2.03. The summed E-state index contributed by atoms with van der Waals surface area (Å²) in [4.78, 5) is 27.0. The molecule has 1 N–H and O–H groups in total. The Kier molecular flexibility index (Phi) is 4.82. The number of hydrogen-bond acceptors (Lipinski definition) is 6. The standard InChI is InChI=1S/C16H12ClN3O4S/c1-2-24-12-4-3-5-13-14(12)18-16(25-13)19-15(21)9-6-7-10(17)11(8-9)20(22)23/h3-8H,2H2,1H3,(H,18,19,21). The van der Waals surface area contributed by atoms with Crippen LogP contribution in [0.3, 0.4) is 0 Å². The molecule has 0 aliphatic rings. The minimum atomic E-state index is -0.634. The maximum Gasteiger partial charge on any atom is 0.288 e. The van der Waals surface area contributed by atoms with Gasteiger partial charge in [0, 0.05) is 11.6 Å². The van der Waals surface area contributed by atoms with E-state index in [4.69, 9.17) is 16.3 Å². The zero-order chi connectivity index (χ0) is 18.0. The van der Waals surface area contributed by atoms with Crippen LogP contribution >= 0.6 is 22.9 Å². The Hall–Kier alpha value is -2.71. The number of thiazole rings is 1. The molecule has 0 atom stereocenters. The molecule has 0 fully saturated rings. The van der Waals surface area contributed by atoms with Crippen LogP contribution < -0.4 is 10.1 Å². The second-order valence-electron chi connectivity index (χ2n) is 4.93. The lowest BCUT2D eigenvalue weighted by molar-refractivity contribution is -0.384. The fraction of sp³-hybridized carbons (Fsp3) is 0.125. The highest BCUT2D eigenvalue weighted by molar-refractivity contribution is 7.22. The van der Waals surface area contributed by atoms with Crippen molar-refractivity contribution in [1.82, 2.24) is 4.98 Å². The van der Waals surface area contributed by atoms with Gasteiger partial charge in [-0.15, -0.1) is 0 Å². The van der Waals surface area contributed by atoms with E-state index in [1.807, 2.05) is 19.1 Å². The Bertz CT molecular complexity index is 973. The van der Waals surface area contributed by atoms with E-state index in [-0.39, 0.29) is 16.3 Å². The van der Waals surface area contributed by atoms with Crippen LogP contribution in [0.5, 0.6) is 5.75 Å². The molecule has 25 heavy (non-hydrogen) atoms. The van der Waals surface area contributed by atoms with Gasteiger partial charge < -0.3 is 4.74 Å². The number of nitro benzene ring substituents is 1. The van der Waals surface area contributed by atoms with Crippen molar-refractivity contribution in [3.63, 3.8) is 0 Å². The van der Waals surface area contributed by atoms with E-state index in [1.165, 1.54) is 23.5 Å². The van der Waals surface area contributed by atoms with Crippen molar-refractivity contribution in [2.75, 3.05) is 11.9 Å². The predicted octanol–water partition coefficient (Wildman–Crippen LogP) is 4.51. The van der Waals surface area contributed by atoms with Crippen LogP contribution in [0.1, 0.15) is 17.3 Å². The number of nitrogens with one attached hydrogen (secondary N) is 1. The molecule has 0 bridgehead atoms. The number of carbonyl (C=O) groups is 1. The number of rotatable bonds is 5. The number of benzene rings is 2. The van der Waals surface area contributed by atoms with Crippen molar-refractivity contribution in [2.24, 2.45) is 0 Å². The Morgan fingerprint density at radius 3 is 2.92 bits per heavy atom. The zero-order valence-electron chi connectivity index (χ0n) is 13.0. The molecule has 9 heteroatoms. The maximum absolute atomic E-state index is 12.3. The van der Waals surface area contributed by atoms with E-state index < -0.39 is 10.8 Å². The highest BCUT2D eigenvalue weighted by Gasteiger charge is 2.18. The lowest BCUT2D eigenvalue weighted by atomic mass is 10.2. The topological polar surface area (TPSA) is 94.4 Å². The molecule has 0 saturated carbocycles. The number of anilines is 1. The molecule has 128 valence electrons. The fourth-order valence-corrected chi connectivity index (χ4v) is 3.28. The zero-order valence-corrected chi connectivity index (χ0v) is 14.6. The van der Waals surface area contributed by atoms with Crippen molar-refractivity contribution in [1.29, 1.82) is 0 Å². The molecule has 0 saturated heterocycles.